The Kier molecular flexibility index (Phi) is 4.68. The number of hydrogen-bond donors (Lipinski definition) is 2. The quantitative estimate of drug-likeness (QED) is 0.888. The third-order valence-corrected chi connectivity index (χ3v) is 4.32. The first-order chi connectivity index (χ1) is 9.52. The number of nitrogens with one attached hydrogen (secondary N) is 1. The summed E-state index contributed by atoms with van der Waals surface area (Å²) < 4.78 is 1.70. The zero-order valence-corrected chi connectivity index (χ0v) is 12.7. The van der Waals surface area contributed by atoms with Gasteiger partial charge in [0.1, 0.15) is 0 Å². The molecule has 0 saturated heterocycles. The van der Waals surface area contributed by atoms with Gasteiger partial charge in [-0.25, -0.2) is 0 Å². The molecule has 2 atom stereocenters. The van der Waals surface area contributed by atoms with E-state index in [1.165, 1.54) is 19.3 Å². The highest BCUT2D eigenvalue weighted by molar-refractivity contribution is 5.97. The van der Waals surface area contributed by atoms with Crippen molar-refractivity contribution in [2.24, 2.45) is 11.8 Å². The van der Waals surface area contributed by atoms with Crippen LogP contribution in [0.4, 0.5) is 5.69 Å². The second-order valence-electron chi connectivity index (χ2n) is 6.06. The topological polar surface area (TPSA) is 72.9 Å². The highest BCUT2D eigenvalue weighted by Gasteiger charge is 2.29. The lowest BCUT2D eigenvalue weighted by atomic mass is 9.78. The Morgan fingerprint density at radius 2 is 2.20 bits per heavy atom. The maximum atomic E-state index is 12.4. The fraction of sp³-hybridized carbons (Fsp3) is 0.733. The minimum Gasteiger partial charge on any atom is -0.396 e. The maximum absolute atomic E-state index is 12.4. The Bertz CT molecular complexity index is 466. The molecule has 2 unspecified atom stereocenters. The Labute approximate surface area is 120 Å². The van der Waals surface area contributed by atoms with Crippen LogP contribution in [0.5, 0.6) is 0 Å². The number of anilines is 1. The van der Waals surface area contributed by atoms with Crippen molar-refractivity contribution in [2.45, 2.75) is 59.0 Å². The summed E-state index contributed by atoms with van der Waals surface area (Å²) in [6.07, 6.45) is 6.43. The summed E-state index contributed by atoms with van der Waals surface area (Å²) in [6, 6.07) is 0.252. The van der Waals surface area contributed by atoms with Gasteiger partial charge in [-0.1, -0.05) is 26.7 Å². The largest absolute Gasteiger partial charge is 0.396 e. The van der Waals surface area contributed by atoms with Crippen molar-refractivity contribution in [1.29, 1.82) is 0 Å². The molecular weight excluding hydrogens is 252 g/mol. The van der Waals surface area contributed by atoms with Crippen LogP contribution in [0.3, 0.4) is 0 Å². The van der Waals surface area contributed by atoms with Gasteiger partial charge >= 0.3 is 0 Å². The van der Waals surface area contributed by atoms with Gasteiger partial charge in [-0.3, -0.25) is 9.48 Å². The number of hydrogen-bond acceptors (Lipinski definition) is 3. The van der Waals surface area contributed by atoms with Crippen LogP contribution in [0, 0.1) is 11.8 Å². The average molecular weight is 278 g/mol. The van der Waals surface area contributed by atoms with Crippen LogP contribution in [0.15, 0.2) is 6.20 Å². The number of nitrogen functional groups attached to an aromatic ring is 1. The molecule has 1 aromatic heterocycles. The Balaban J connectivity index is 2.07. The van der Waals surface area contributed by atoms with Crippen LogP contribution in [0.1, 0.15) is 56.9 Å². The third kappa shape index (κ3) is 3.14. The smallest absolute Gasteiger partial charge is 0.274 e. The summed E-state index contributed by atoms with van der Waals surface area (Å²) in [5.41, 5.74) is 6.69. The molecule has 1 heterocycles. The van der Waals surface area contributed by atoms with E-state index in [4.69, 9.17) is 5.73 Å². The fourth-order valence-electron chi connectivity index (χ4n) is 3.15. The number of aryl methyl sites for hydroxylation is 1. The van der Waals surface area contributed by atoms with Crippen LogP contribution >= 0.6 is 0 Å². The van der Waals surface area contributed by atoms with Gasteiger partial charge in [-0.15, -0.1) is 0 Å². The van der Waals surface area contributed by atoms with E-state index in [-0.39, 0.29) is 11.9 Å². The standard InChI is InChI=1S/C15H26N4O/c1-4-19-9-12(16)14(18-19)15(20)17-13-8-6-5-7-11(13)10(2)3/h9-11,13H,4-8,16H2,1-3H3,(H,17,20). The molecule has 3 N–H and O–H groups in total. The first-order valence-corrected chi connectivity index (χ1v) is 7.66. The van der Waals surface area contributed by atoms with Crippen molar-refractivity contribution in [3.63, 3.8) is 0 Å². The minimum absolute atomic E-state index is 0.132. The third-order valence-electron chi connectivity index (χ3n) is 4.32. The zero-order valence-electron chi connectivity index (χ0n) is 12.7. The van der Waals surface area contributed by atoms with E-state index >= 15 is 0 Å². The molecular formula is C15H26N4O. The van der Waals surface area contributed by atoms with Crippen LogP contribution in [0.25, 0.3) is 0 Å². The summed E-state index contributed by atoms with van der Waals surface area (Å²) in [5.74, 6) is 1.01. The van der Waals surface area contributed by atoms with Gasteiger partial charge in [0, 0.05) is 18.8 Å². The van der Waals surface area contributed by atoms with Gasteiger partial charge in [-0.05, 0) is 31.6 Å². The van der Waals surface area contributed by atoms with Crippen molar-refractivity contribution < 1.29 is 4.79 Å². The molecule has 1 aromatic rings. The summed E-state index contributed by atoms with van der Waals surface area (Å²) in [5, 5.41) is 7.39. The molecule has 1 aliphatic carbocycles. The molecule has 0 aromatic carbocycles. The summed E-state index contributed by atoms with van der Waals surface area (Å²) >= 11 is 0. The molecule has 1 amide bonds. The maximum Gasteiger partial charge on any atom is 0.274 e. The lowest BCUT2D eigenvalue weighted by molar-refractivity contribution is 0.0884. The number of aromatic nitrogens is 2. The monoisotopic (exact) mass is 278 g/mol. The van der Waals surface area contributed by atoms with Crippen LogP contribution in [-0.2, 0) is 6.54 Å². The SMILES string of the molecule is CCn1cc(N)c(C(=O)NC2CCCCC2C(C)C)n1. The van der Waals surface area contributed by atoms with Crippen molar-refractivity contribution >= 4 is 11.6 Å². The normalized spacial score (nSPS) is 23.0. The number of nitrogens with zero attached hydrogens (tertiary/aromatic N) is 2. The molecule has 5 heteroatoms. The van der Waals surface area contributed by atoms with Gasteiger partial charge in [0.2, 0.25) is 0 Å². The Morgan fingerprint density at radius 1 is 1.50 bits per heavy atom. The van der Waals surface area contributed by atoms with Crippen LogP contribution in [0.2, 0.25) is 0 Å². The van der Waals surface area contributed by atoms with E-state index < -0.39 is 0 Å². The molecule has 1 fully saturated rings. The molecule has 20 heavy (non-hydrogen) atoms. The number of carbonyl (C=O) groups is 1. The van der Waals surface area contributed by atoms with Gasteiger partial charge in [0.15, 0.2) is 5.69 Å². The van der Waals surface area contributed by atoms with Crippen LogP contribution in [-0.4, -0.2) is 21.7 Å². The first-order valence-electron chi connectivity index (χ1n) is 7.66. The molecule has 1 aliphatic rings. The number of rotatable bonds is 4. The van der Waals surface area contributed by atoms with Crippen molar-refractivity contribution in [2.75, 3.05) is 5.73 Å². The van der Waals surface area contributed by atoms with Gasteiger partial charge in [-0.2, -0.15) is 5.10 Å². The second kappa shape index (κ2) is 6.29. The van der Waals surface area contributed by atoms with Gasteiger partial charge in [0.05, 0.1) is 5.69 Å². The van der Waals surface area contributed by atoms with E-state index in [2.05, 4.69) is 24.3 Å². The summed E-state index contributed by atoms with van der Waals surface area (Å²) in [4.78, 5) is 12.4. The van der Waals surface area contributed by atoms with E-state index in [1.807, 2.05) is 6.92 Å². The van der Waals surface area contributed by atoms with E-state index in [9.17, 15) is 4.79 Å². The molecule has 5 nitrogen and oxygen atoms in total. The highest BCUT2D eigenvalue weighted by atomic mass is 16.2. The van der Waals surface area contributed by atoms with Gasteiger partial charge in [0.25, 0.3) is 5.91 Å². The van der Waals surface area contributed by atoms with Crippen molar-refractivity contribution in [3.05, 3.63) is 11.9 Å². The Hall–Kier alpha value is -1.52. The first kappa shape index (κ1) is 14.9. The van der Waals surface area contributed by atoms with Crippen molar-refractivity contribution in [1.82, 2.24) is 15.1 Å². The molecule has 0 spiro atoms. The lowest BCUT2D eigenvalue weighted by Crippen LogP contribution is -2.44. The second-order valence-corrected chi connectivity index (χ2v) is 6.06. The molecule has 0 bridgehead atoms. The molecule has 0 aliphatic heterocycles. The van der Waals surface area contributed by atoms with Gasteiger partial charge < -0.3 is 11.1 Å². The number of nitrogens with two attached hydrogens (primary N) is 1. The summed E-state index contributed by atoms with van der Waals surface area (Å²) in [6.45, 7) is 7.16. The predicted molar refractivity (Wildman–Crippen MR) is 80.4 cm³/mol. The fourth-order valence-corrected chi connectivity index (χ4v) is 3.15. The number of amides is 1. The summed E-state index contributed by atoms with van der Waals surface area (Å²) in [7, 11) is 0. The lowest BCUT2D eigenvalue weighted by Gasteiger charge is -2.34. The van der Waals surface area contributed by atoms with E-state index in [1.54, 1.807) is 10.9 Å². The average Bonchev–Trinajstić information content (AvgIpc) is 2.80. The number of carbonyl (C=O) groups excluding carboxylic acids is 1. The molecule has 0 radical (unpaired) electrons. The predicted octanol–water partition coefficient (Wildman–Crippen LogP) is 2.43. The molecule has 1 saturated carbocycles. The van der Waals surface area contributed by atoms with E-state index in [0.29, 0.717) is 23.2 Å². The Morgan fingerprint density at radius 3 is 2.80 bits per heavy atom. The van der Waals surface area contributed by atoms with Crippen molar-refractivity contribution in [3.8, 4) is 0 Å². The molecule has 2 rings (SSSR count). The van der Waals surface area contributed by atoms with E-state index in [0.717, 1.165) is 13.0 Å². The zero-order chi connectivity index (χ0) is 14.7. The highest BCUT2D eigenvalue weighted by Crippen LogP contribution is 2.30. The minimum atomic E-state index is -0.132. The molecule has 112 valence electrons. The van der Waals surface area contributed by atoms with Crippen LogP contribution < -0.4 is 11.1 Å².